The molecule has 1 aliphatic heterocycles. The first-order valence-electron chi connectivity index (χ1n) is 6.76. The summed E-state index contributed by atoms with van der Waals surface area (Å²) in [5.41, 5.74) is 0.877. The Morgan fingerprint density at radius 3 is 3.05 bits per heavy atom. The molecule has 1 unspecified atom stereocenters. The van der Waals surface area contributed by atoms with Crippen molar-refractivity contribution < 1.29 is 0 Å². The lowest BCUT2D eigenvalue weighted by molar-refractivity contribution is 0.617. The number of hydrogen-bond acceptors (Lipinski definition) is 4. The molecule has 0 radical (unpaired) electrons. The second-order valence-corrected chi connectivity index (χ2v) is 5.36. The molecule has 1 fully saturated rings. The van der Waals surface area contributed by atoms with Gasteiger partial charge in [0.25, 0.3) is 0 Å². The Hall–Kier alpha value is -1.36. The number of hydrogen-bond donors (Lipinski definition) is 0. The van der Waals surface area contributed by atoms with E-state index in [0.717, 1.165) is 29.8 Å². The fraction of sp³-hybridized carbons (Fsp3) is 0.615. The van der Waals surface area contributed by atoms with Crippen LogP contribution < -0.4 is 4.90 Å². The SMILES string of the molecule is Cn1ncc2c(N3CCCCCC3CCl)ncnc21. The van der Waals surface area contributed by atoms with Gasteiger partial charge in [0, 0.05) is 25.5 Å². The summed E-state index contributed by atoms with van der Waals surface area (Å²) in [6, 6.07) is 0.363. The molecule has 0 spiro atoms. The second-order valence-electron chi connectivity index (χ2n) is 5.05. The molecule has 0 saturated carbocycles. The Morgan fingerprint density at radius 2 is 2.21 bits per heavy atom. The van der Waals surface area contributed by atoms with Crippen LogP contribution in [0.2, 0.25) is 0 Å². The third-order valence-corrected chi connectivity index (χ3v) is 4.19. The number of anilines is 1. The Morgan fingerprint density at radius 1 is 1.32 bits per heavy atom. The third kappa shape index (κ3) is 2.27. The standard InChI is InChI=1S/C13H18ClN5/c1-18-12-11(8-17-18)13(16-9-15-12)19-6-4-2-3-5-10(19)7-14/h8-10H,2-7H2,1H3. The number of alkyl halides is 1. The lowest BCUT2D eigenvalue weighted by atomic mass is 10.1. The van der Waals surface area contributed by atoms with E-state index in [1.54, 1.807) is 11.0 Å². The third-order valence-electron chi connectivity index (χ3n) is 3.84. The van der Waals surface area contributed by atoms with Crippen molar-refractivity contribution in [2.45, 2.75) is 31.7 Å². The van der Waals surface area contributed by atoms with Crippen molar-refractivity contribution in [3.63, 3.8) is 0 Å². The molecule has 1 saturated heterocycles. The summed E-state index contributed by atoms with van der Waals surface area (Å²) in [6.45, 7) is 1.01. The van der Waals surface area contributed by atoms with E-state index < -0.39 is 0 Å². The van der Waals surface area contributed by atoms with Gasteiger partial charge >= 0.3 is 0 Å². The summed E-state index contributed by atoms with van der Waals surface area (Å²) in [7, 11) is 1.90. The summed E-state index contributed by atoms with van der Waals surface area (Å²) in [5.74, 6) is 1.62. The Labute approximate surface area is 117 Å². The van der Waals surface area contributed by atoms with Crippen LogP contribution >= 0.6 is 11.6 Å². The van der Waals surface area contributed by atoms with Crippen molar-refractivity contribution in [1.29, 1.82) is 0 Å². The van der Waals surface area contributed by atoms with E-state index in [4.69, 9.17) is 11.6 Å². The molecule has 102 valence electrons. The van der Waals surface area contributed by atoms with Gasteiger partial charge in [0.15, 0.2) is 5.65 Å². The minimum Gasteiger partial charge on any atom is -0.352 e. The first-order valence-corrected chi connectivity index (χ1v) is 7.30. The van der Waals surface area contributed by atoms with E-state index in [-0.39, 0.29) is 0 Å². The molecule has 1 aliphatic rings. The largest absolute Gasteiger partial charge is 0.352 e. The smallest absolute Gasteiger partial charge is 0.163 e. The molecular weight excluding hydrogens is 262 g/mol. The van der Waals surface area contributed by atoms with Crippen LogP contribution in [0.5, 0.6) is 0 Å². The highest BCUT2D eigenvalue weighted by Crippen LogP contribution is 2.28. The van der Waals surface area contributed by atoms with E-state index in [9.17, 15) is 0 Å². The van der Waals surface area contributed by atoms with Crippen LogP contribution in [0, 0.1) is 0 Å². The van der Waals surface area contributed by atoms with Crippen molar-refractivity contribution >= 4 is 28.5 Å². The molecule has 5 nitrogen and oxygen atoms in total. The molecule has 1 atom stereocenters. The number of rotatable bonds is 2. The van der Waals surface area contributed by atoms with Crippen LogP contribution in [0.1, 0.15) is 25.7 Å². The molecule has 2 aromatic rings. The molecule has 0 amide bonds. The van der Waals surface area contributed by atoms with Crippen molar-refractivity contribution in [3.8, 4) is 0 Å². The van der Waals surface area contributed by atoms with Crippen LogP contribution in [-0.2, 0) is 7.05 Å². The number of fused-ring (bicyclic) bond motifs is 1. The molecule has 6 heteroatoms. The highest BCUT2D eigenvalue weighted by atomic mass is 35.5. The normalized spacial score (nSPS) is 20.7. The second kappa shape index (κ2) is 5.33. The van der Waals surface area contributed by atoms with Crippen LogP contribution in [0.25, 0.3) is 11.0 Å². The lowest BCUT2D eigenvalue weighted by Crippen LogP contribution is -2.37. The minimum atomic E-state index is 0.363. The monoisotopic (exact) mass is 279 g/mol. The maximum absolute atomic E-state index is 6.15. The van der Waals surface area contributed by atoms with Crippen LogP contribution in [0.3, 0.4) is 0 Å². The first-order chi connectivity index (χ1) is 9.31. The molecular formula is C13H18ClN5. The van der Waals surface area contributed by atoms with Gasteiger partial charge in [-0.3, -0.25) is 4.68 Å². The van der Waals surface area contributed by atoms with Crippen LogP contribution in [-0.4, -0.2) is 38.2 Å². The Bertz CT molecular complexity index is 567. The van der Waals surface area contributed by atoms with Gasteiger partial charge < -0.3 is 4.90 Å². The molecule has 0 bridgehead atoms. The van der Waals surface area contributed by atoms with Gasteiger partial charge in [0.1, 0.15) is 12.1 Å². The van der Waals surface area contributed by atoms with Gasteiger partial charge in [0.2, 0.25) is 0 Å². The van der Waals surface area contributed by atoms with E-state index in [1.165, 1.54) is 19.3 Å². The summed E-state index contributed by atoms with van der Waals surface area (Å²) in [4.78, 5) is 11.1. The average Bonchev–Trinajstić information content (AvgIpc) is 2.68. The van der Waals surface area contributed by atoms with Gasteiger partial charge in [-0.15, -0.1) is 11.6 Å². The van der Waals surface area contributed by atoms with E-state index in [2.05, 4.69) is 20.0 Å². The van der Waals surface area contributed by atoms with E-state index in [1.807, 2.05) is 13.2 Å². The summed E-state index contributed by atoms with van der Waals surface area (Å²) in [5, 5.41) is 5.30. The molecule has 3 rings (SSSR count). The van der Waals surface area contributed by atoms with Crippen molar-refractivity contribution in [1.82, 2.24) is 19.7 Å². The maximum Gasteiger partial charge on any atom is 0.163 e. The fourth-order valence-electron chi connectivity index (χ4n) is 2.80. The van der Waals surface area contributed by atoms with Crippen LogP contribution in [0.4, 0.5) is 5.82 Å². The summed E-state index contributed by atoms with van der Waals surface area (Å²) < 4.78 is 1.79. The number of halogens is 1. The zero-order valence-corrected chi connectivity index (χ0v) is 11.8. The molecule has 0 aliphatic carbocycles. The van der Waals surface area contributed by atoms with Crippen molar-refractivity contribution in [2.75, 3.05) is 17.3 Å². The maximum atomic E-state index is 6.15. The Kier molecular flexibility index (Phi) is 3.55. The topological polar surface area (TPSA) is 46.8 Å². The first kappa shape index (κ1) is 12.7. The number of nitrogens with zero attached hydrogens (tertiary/aromatic N) is 5. The van der Waals surface area contributed by atoms with Crippen molar-refractivity contribution in [2.24, 2.45) is 7.05 Å². The predicted molar refractivity (Wildman–Crippen MR) is 76.6 cm³/mol. The van der Waals surface area contributed by atoms with E-state index >= 15 is 0 Å². The zero-order valence-electron chi connectivity index (χ0n) is 11.1. The zero-order chi connectivity index (χ0) is 13.2. The summed E-state index contributed by atoms with van der Waals surface area (Å²) >= 11 is 6.15. The van der Waals surface area contributed by atoms with Gasteiger partial charge in [-0.1, -0.05) is 12.8 Å². The predicted octanol–water partition coefficient (Wildman–Crippen LogP) is 2.35. The summed E-state index contributed by atoms with van der Waals surface area (Å²) in [6.07, 6.45) is 8.31. The van der Waals surface area contributed by atoms with Gasteiger partial charge in [-0.05, 0) is 12.8 Å². The quantitative estimate of drug-likeness (QED) is 0.792. The molecule has 19 heavy (non-hydrogen) atoms. The van der Waals surface area contributed by atoms with E-state index in [0.29, 0.717) is 11.9 Å². The minimum absolute atomic E-state index is 0.363. The number of aromatic nitrogens is 4. The average molecular weight is 280 g/mol. The molecule has 0 N–H and O–H groups in total. The Balaban J connectivity index is 2.06. The van der Waals surface area contributed by atoms with Gasteiger partial charge in [-0.25, -0.2) is 9.97 Å². The fourth-order valence-corrected chi connectivity index (χ4v) is 3.12. The molecule has 0 aromatic carbocycles. The van der Waals surface area contributed by atoms with Crippen molar-refractivity contribution in [3.05, 3.63) is 12.5 Å². The highest BCUT2D eigenvalue weighted by molar-refractivity contribution is 6.18. The van der Waals surface area contributed by atoms with Gasteiger partial charge in [-0.2, -0.15) is 5.10 Å². The number of aryl methyl sites for hydroxylation is 1. The van der Waals surface area contributed by atoms with Gasteiger partial charge in [0.05, 0.1) is 11.6 Å². The molecule has 3 heterocycles. The lowest BCUT2D eigenvalue weighted by Gasteiger charge is -2.29. The highest BCUT2D eigenvalue weighted by Gasteiger charge is 2.23. The van der Waals surface area contributed by atoms with Crippen LogP contribution in [0.15, 0.2) is 12.5 Å². The molecule has 2 aromatic heterocycles.